The van der Waals surface area contributed by atoms with Crippen LogP contribution in [0.15, 0.2) is 66.9 Å². The van der Waals surface area contributed by atoms with Crippen molar-refractivity contribution in [1.82, 2.24) is 14.8 Å². The Morgan fingerprint density at radius 1 is 1.04 bits per heavy atom. The Balaban J connectivity index is 1.65. The standard InChI is InChI=1S/C22H23N3O/c1-24-13-14-25(18(16-24)15-17-7-3-2-4-8-17)22(26)20-9-5-11-21-19(20)10-6-12-23-21/h2-12,18H,13-16H2,1H3. The molecule has 1 saturated heterocycles. The Hall–Kier alpha value is -2.72. The summed E-state index contributed by atoms with van der Waals surface area (Å²) in [6, 6.07) is 20.3. The Bertz CT molecular complexity index is 904. The van der Waals surface area contributed by atoms with Gasteiger partial charge in [0.25, 0.3) is 5.91 Å². The predicted molar refractivity (Wildman–Crippen MR) is 104 cm³/mol. The quantitative estimate of drug-likeness (QED) is 0.731. The van der Waals surface area contributed by atoms with Crippen LogP contribution in [0.25, 0.3) is 10.9 Å². The minimum Gasteiger partial charge on any atom is -0.333 e. The molecule has 1 amide bonds. The molecule has 26 heavy (non-hydrogen) atoms. The number of hydrogen-bond donors (Lipinski definition) is 0. The molecule has 1 aromatic heterocycles. The van der Waals surface area contributed by atoms with Crippen molar-refractivity contribution < 1.29 is 4.79 Å². The summed E-state index contributed by atoms with van der Waals surface area (Å²) in [5.41, 5.74) is 2.88. The molecule has 2 aromatic carbocycles. The van der Waals surface area contributed by atoms with Gasteiger partial charge in [-0.25, -0.2) is 0 Å². The van der Waals surface area contributed by atoms with Crippen molar-refractivity contribution in [3.63, 3.8) is 0 Å². The fourth-order valence-electron chi connectivity index (χ4n) is 3.78. The number of fused-ring (bicyclic) bond motifs is 1. The fraction of sp³-hybridized carbons (Fsp3) is 0.273. The highest BCUT2D eigenvalue weighted by molar-refractivity contribution is 6.06. The summed E-state index contributed by atoms with van der Waals surface area (Å²) < 4.78 is 0. The lowest BCUT2D eigenvalue weighted by Crippen LogP contribution is -2.54. The van der Waals surface area contributed by atoms with E-state index in [-0.39, 0.29) is 11.9 Å². The first-order valence-corrected chi connectivity index (χ1v) is 9.09. The van der Waals surface area contributed by atoms with Crippen LogP contribution < -0.4 is 0 Å². The fourth-order valence-corrected chi connectivity index (χ4v) is 3.78. The van der Waals surface area contributed by atoms with Gasteiger partial charge in [0.1, 0.15) is 0 Å². The van der Waals surface area contributed by atoms with E-state index in [0.717, 1.165) is 42.5 Å². The van der Waals surface area contributed by atoms with E-state index in [1.54, 1.807) is 6.20 Å². The van der Waals surface area contributed by atoms with Crippen LogP contribution in [0.1, 0.15) is 15.9 Å². The molecular weight excluding hydrogens is 322 g/mol. The first kappa shape index (κ1) is 16.7. The zero-order valence-electron chi connectivity index (χ0n) is 15.0. The summed E-state index contributed by atoms with van der Waals surface area (Å²) in [5, 5.41) is 0.928. The van der Waals surface area contributed by atoms with E-state index in [0.29, 0.717) is 0 Å². The highest BCUT2D eigenvalue weighted by Gasteiger charge is 2.30. The van der Waals surface area contributed by atoms with Crippen molar-refractivity contribution >= 4 is 16.8 Å². The van der Waals surface area contributed by atoms with E-state index in [1.807, 2.05) is 36.4 Å². The van der Waals surface area contributed by atoms with E-state index in [1.165, 1.54) is 5.56 Å². The number of benzene rings is 2. The molecule has 4 nitrogen and oxygen atoms in total. The zero-order valence-corrected chi connectivity index (χ0v) is 15.0. The van der Waals surface area contributed by atoms with Gasteiger partial charge in [-0.05, 0) is 37.2 Å². The van der Waals surface area contributed by atoms with Gasteiger partial charge >= 0.3 is 0 Å². The van der Waals surface area contributed by atoms with Gasteiger partial charge in [-0.1, -0.05) is 42.5 Å². The number of aromatic nitrogens is 1. The maximum Gasteiger partial charge on any atom is 0.254 e. The third-order valence-electron chi connectivity index (χ3n) is 5.14. The third-order valence-corrected chi connectivity index (χ3v) is 5.14. The summed E-state index contributed by atoms with van der Waals surface area (Å²) in [6.45, 7) is 2.55. The molecule has 2 heterocycles. The number of hydrogen-bond acceptors (Lipinski definition) is 3. The largest absolute Gasteiger partial charge is 0.333 e. The van der Waals surface area contributed by atoms with Crippen LogP contribution in [-0.2, 0) is 6.42 Å². The van der Waals surface area contributed by atoms with Crippen molar-refractivity contribution in [2.45, 2.75) is 12.5 Å². The molecule has 0 N–H and O–H groups in total. The summed E-state index contributed by atoms with van der Waals surface area (Å²) >= 11 is 0. The van der Waals surface area contributed by atoms with E-state index in [9.17, 15) is 4.79 Å². The topological polar surface area (TPSA) is 36.4 Å². The van der Waals surface area contributed by atoms with Gasteiger partial charge in [0.05, 0.1) is 5.52 Å². The van der Waals surface area contributed by atoms with Crippen molar-refractivity contribution in [2.24, 2.45) is 0 Å². The van der Waals surface area contributed by atoms with Crippen LogP contribution in [0.5, 0.6) is 0 Å². The number of rotatable bonds is 3. The lowest BCUT2D eigenvalue weighted by atomic mass is 10.00. The molecule has 1 aliphatic rings. The molecule has 3 aromatic rings. The number of likely N-dealkylation sites (N-methyl/N-ethyl adjacent to an activating group) is 1. The predicted octanol–water partition coefficient (Wildman–Crippen LogP) is 3.23. The van der Waals surface area contributed by atoms with Gasteiger partial charge in [-0.2, -0.15) is 0 Å². The molecule has 1 unspecified atom stereocenters. The normalized spacial score (nSPS) is 18.2. The molecule has 0 aliphatic carbocycles. The summed E-state index contributed by atoms with van der Waals surface area (Å²) in [5.74, 6) is 0.109. The second-order valence-electron chi connectivity index (χ2n) is 6.98. The first-order valence-electron chi connectivity index (χ1n) is 9.09. The average molecular weight is 345 g/mol. The Labute approximate surface area is 154 Å². The molecular formula is C22H23N3O. The molecule has 0 bridgehead atoms. The van der Waals surface area contributed by atoms with E-state index in [4.69, 9.17) is 0 Å². The smallest absolute Gasteiger partial charge is 0.254 e. The minimum atomic E-state index is 0.109. The molecule has 0 saturated carbocycles. The number of piperazine rings is 1. The Morgan fingerprint density at radius 2 is 1.88 bits per heavy atom. The molecule has 1 aliphatic heterocycles. The monoisotopic (exact) mass is 345 g/mol. The Morgan fingerprint density at radius 3 is 2.73 bits per heavy atom. The highest BCUT2D eigenvalue weighted by atomic mass is 16.2. The van der Waals surface area contributed by atoms with Crippen LogP contribution in [0.4, 0.5) is 0 Å². The SMILES string of the molecule is CN1CCN(C(=O)c2cccc3ncccc23)C(Cc2ccccc2)C1. The summed E-state index contributed by atoms with van der Waals surface area (Å²) in [6.07, 6.45) is 2.64. The number of pyridine rings is 1. The van der Waals surface area contributed by atoms with Gasteiger partial charge in [0, 0.05) is 42.8 Å². The lowest BCUT2D eigenvalue weighted by molar-refractivity contribution is 0.0503. The van der Waals surface area contributed by atoms with Crippen LogP contribution in [-0.4, -0.2) is 53.4 Å². The molecule has 0 spiro atoms. The second-order valence-corrected chi connectivity index (χ2v) is 6.98. The van der Waals surface area contributed by atoms with Crippen LogP contribution in [0.2, 0.25) is 0 Å². The number of amides is 1. The Kier molecular flexibility index (Phi) is 4.67. The van der Waals surface area contributed by atoms with Crippen LogP contribution in [0.3, 0.4) is 0 Å². The highest BCUT2D eigenvalue weighted by Crippen LogP contribution is 2.22. The van der Waals surface area contributed by atoms with Gasteiger partial charge in [-0.15, -0.1) is 0 Å². The molecule has 132 valence electrons. The van der Waals surface area contributed by atoms with Crippen LogP contribution in [0, 0.1) is 0 Å². The molecule has 1 atom stereocenters. The molecule has 1 fully saturated rings. The van der Waals surface area contributed by atoms with Gasteiger partial charge < -0.3 is 9.80 Å². The van der Waals surface area contributed by atoms with E-state index in [2.05, 4.69) is 46.1 Å². The third kappa shape index (κ3) is 3.33. The maximum atomic E-state index is 13.4. The van der Waals surface area contributed by atoms with Gasteiger partial charge in [0.2, 0.25) is 0 Å². The second kappa shape index (κ2) is 7.26. The van der Waals surface area contributed by atoms with E-state index < -0.39 is 0 Å². The summed E-state index contributed by atoms with van der Waals surface area (Å²) in [4.78, 5) is 22.1. The maximum absolute atomic E-state index is 13.4. The van der Waals surface area contributed by atoms with Crippen molar-refractivity contribution in [2.75, 3.05) is 26.7 Å². The summed E-state index contributed by atoms with van der Waals surface area (Å²) in [7, 11) is 2.13. The number of nitrogens with zero attached hydrogens (tertiary/aromatic N) is 3. The van der Waals surface area contributed by atoms with Crippen molar-refractivity contribution in [3.8, 4) is 0 Å². The zero-order chi connectivity index (χ0) is 17.9. The molecule has 4 rings (SSSR count). The number of carbonyl (C=O) groups excluding carboxylic acids is 1. The van der Waals surface area contributed by atoms with Gasteiger partial charge in [-0.3, -0.25) is 9.78 Å². The molecule has 0 radical (unpaired) electrons. The average Bonchev–Trinajstić information content (AvgIpc) is 2.68. The molecule has 4 heteroatoms. The van der Waals surface area contributed by atoms with Crippen molar-refractivity contribution in [1.29, 1.82) is 0 Å². The minimum absolute atomic E-state index is 0.109. The van der Waals surface area contributed by atoms with Crippen molar-refractivity contribution in [3.05, 3.63) is 78.0 Å². The van der Waals surface area contributed by atoms with E-state index >= 15 is 0 Å². The first-order chi connectivity index (χ1) is 12.7. The van der Waals surface area contributed by atoms with Gasteiger partial charge in [0.15, 0.2) is 0 Å². The van der Waals surface area contributed by atoms with Crippen LogP contribution >= 0.6 is 0 Å². The lowest BCUT2D eigenvalue weighted by Gasteiger charge is -2.40. The number of carbonyl (C=O) groups is 1.